The van der Waals surface area contributed by atoms with E-state index in [0.29, 0.717) is 29.1 Å². The van der Waals surface area contributed by atoms with Crippen molar-refractivity contribution in [2.45, 2.75) is 32.9 Å². The van der Waals surface area contributed by atoms with Crippen LogP contribution in [0, 0.1) is 18.6 Å². The van der Waals surface area contributed by atoms with E-state index in [-0.39, 0.29) is 16.9 Å². The summed E-state index contributed by atoms with van der Waals surface area (Å²) in [6.07, 6.45) is 2.95. The number of hydrogen-bond donors (Lipinski definition) is 2. The summed E-state index contributed by atoms with van der Waals surface area (Å²) in [5.41, 5.74) is 1.76. The molecule has 1 saturated heterocycles. The molecule has 1 fully saturated rings. The molecule has 3 aromatic heterocycles. The van der Waals surface area contributed by atoms with Gasteiger partial charge < -0.3 is 15.5 Å². The molecule has 0 spiro atoms. The first-order chi connectivity index (χ1) is 14.9. The number of hydrogen-bond acceptors (Lipinski definition) is 7. The van der Waals surface area contributed by atoms with Crippen LogP contribution >= 0.6 is 0 Å². The third-order valence-corrected chi connectivity index (χ3v) is 5.35. The van der Waals surface area contributed by atoms with Gasteiger partial charge in [-0.2, -0.15) is 5.10 Å². The Kier molecular flexibility index (Phi) is 4.66. The lowest BCUT2D eigenvalue weighted by Crippen LogP contribution is -2.54. The topological polar surface area (TPSA) is 83.3 Å². The molecule has 0 aliphatic carbocycles. The maximum atomic E-state index is 15.2. The molecule has 2 atom stereocenters. The van der Waals surface area contributed by atoms with Gasteiger partial charge in [0.15, 0.2) is 11.5 Å². The minimum absolute atomic E-state index is 0.130. The zero-order valence-corrected chi connectivity index (χ0v) is 17.4. The fraction of sp³-hybridized carbons (Fsp3) is 0.333. The van der Waals surface area contributed by atoms with Gasteiger partial charge in [0, 0.05) is 36.9 Å². The van der Waals surface area contributed by atoms with Crippen LogP contribution in [-0.2, 0) is 0 Å². The van der Waals surface area contributed by atoms with E-state index >= 15 is 4.39 Å². The third kappa shape index (κ3) is 3.63. The number of anilines is 3. The zero-order chi connectivity index (χ0) is 21.7. The van der Waals surface area contributed by atoms with Crippen molar-refractivity contribution in [3.63, 3.8) is 0 Å². The first-order valence-electron chi connectivity index (χ1n) is 10.1. The van der Waals surface area contributed by atoms with E-state index in [4.69, 9.17) is 0 Å². The van der Waals surface area contributed by atoms with Crippen LogP contribution < -0.4 is 15.5 Å². The summed E-state index contributed by atoms with van der Waals surface area (Å²) in [7, 11) is 0. The van der Waals surface area contributed by atoms with Gasteiger partial charge in [0.25, 0.3) is 0 Å². The number of pyridine rings is 1. The van der Waals surface area contributed by atoms with Gasteiger partial charge in [0.2, 0.25) is 0 Å². The highest BCUT2D eigenvalue weighted by atomic mass is 19.1. The maximum Gasteiger partial charge on any atom is 0.191 e. The number of aromatic nitrogens is 5. The minimum atomic E-state index is -0.534. The van der Waals surface area contributed by atoms with Crippen molar-refractivity contribution in [2.75, 3.05) is 23.3 Å². The highest BCUT2D eigenvalue weighted by Gasteiger charge is 2.23. The number of halogens is 2. The lowest BCUT2D eigenvalue weighted by Gasteiger charge is -2.37. The number of fused-ring (bicyclic) bond motifs is 2. The quantitative estimate of drug-likeness (QED) is 0.523. The zero-order valence-electron chi connectivity index (χ0n) is 17.4. The van der Waals surface area contributed by atoms with Gasteiger partial charge in [-0.15, -0.1) is 0 Å². The second-order valence-corrected chi connectivity index (χ2v) is 8.05. The van der Waals surface area contributed by atoms with E-state index in [1.807, 2.05) is 6.07 Å². The maximum absolute atomic E-state index is 15.2. The molecule has 5 rings (SSSR count). The van der Waals surface area contributed by atoms with Crippen molar-refractivity contribution in [3.8, 4) is 0 Å². The highest BCUT2D eigenvalue weighted by molar-refractivity contribution is 5.93. The number of benzene rings is 1. The van der Waals surface area contributed by atoms with Crippen LogP contribution in [0.4, 0.5) is 26.0 Å². The summed E-state index contributed by atoms with van der Waals surface area (Å²) in [5.74, 6) is -0.258. The van der Waals surface area contributed by atoms with Gasteiger partial charge in [0.05, 0.1) is 22.8 Å². The lowest BCUT2D eigenvalue weighted by molar-refractivity contribution is 0.407. The molecule has 4 aromatic rings. The first kappa shape index (κ1) is 19.6. The fourth-order valence-electron chi connectivity index (χ4n) is 4.20. The number of aryl methyl sites for hydroxylation is 1. The predicted octanol–water partition coefficient (Wildman–Crippen LogP) is 3.19. The average molecular weight is 424 g/mol. The molecule has 0 radical (unpaired) electrons. The van der Waals surface area contributed by atoms with Crippen LogP contribution in [0.1, 0.15) is 19.7 Å². The summed E-state index contributed by atoms with van der Waals surface area (Å²) >= 11 is 0. The molecular formula is C21H22F2N8. The normalized spacial score (nSPS) is 19.3. The second-order valence-electron chi connectivity index (χ2n) is 8.05. The average Bonchev–Trinajstić information content (AvgIpc) is 3.08. The van der Waals surface area contributed by atoms with Gasteiger partial charge in [-0.3, -0.25) is 0 Å². The van der Waals surface area contributed by atoms with Crippen molar-refractivity contribution in [2.24, 2.45) is 0 Å². The molecule has 2 N–H and O–H groups in total. The molecule has 0 unspecified atom stereocenters. The Morgan fingerprint density at radius 3 is 2.61 bits per heavy atom. The Bertz CT molecular complexity index is 1280. The van der Waals surface area contributed by atoms with E-state index in [9.17, 15) is 4.39 Å². The van der Waals surface area contributed by atoms with E-state index in [0.717, 1.165) is 18.8 Å². The van der Waals surface area contributed by atoms with Crippen molar-refractivity contribution >= 4 is 33.7 Å². The molecule has 0 bridgehead atoms. The van der Waals surface area contributed by atoms with Crippen LogP contribution in [0.25, 0.3) is 16.6 Å². The van der Waals surface area contributed by atoms with Gasteiger partial charge >= 0.3 is 0 Å². The number of rotatable bonds is 3. The van der Waals surface area contributed by atoms with Crippen molar-refractivity contribution in [1.29, 1.82) is 0 Å². The molecule has 1 aliphatic heterocycles. The lowest BCUT2D eigenvalue weighted by atomic mass is 10.1. The predicted molar refractivity (Wildman–Crippen MR) is 115 cm³/mol. The Hall–Kier alpha value is -3.40. The smallest absolute Gasteiger partial charge is 0.191 e. The van der Waals surface area contributed by atoms with Crippen LogP contribution in [-0.4, -0.2) is 49.7 Å². The summed E-state index contributed by atoms with van der Waals surface area (Å²) in [4.78, 5) is 14.7. The molecule has 0 saturated carbocycles. The SMILES string of the molecule is Cc1nc2c(F)cc(Nc3ncnc4cc(N5C[C@@H](C)N[C@@H](C)C5)cc(F)c34)cn2n1. The van der Waals surface area contributed by atoms with Gasteiger partial charge in [0.1, 0.15) is 23.8 Å². The Balaban J connectivity index is 1.53. The number of nitrogens with zero attached hydrogens (tertiary/aromatic N) is 6. The molecule has 10 heteroatoms. The highest BCUT2D eigenvalue weighted by Crippen LogP contribution is 2.31. The monoisotopic (exact) mass is 424 g/mol. The second kappa shape index (κ2) is 7.38. The molecular weight excluding hydrogens is 402 g/mol. The molecule has 1 aromatic carbocycles. The summed E-state index contributed by atoms with van der Waals surface area (Å²) in [6.45, 7) is 7.46. The summed E-state index contributed by atoms with van der Waals surface area (Å²) in [6, 6.07) is 5.26. The Morgan fingerprint density at radius 2 is 1.84 bits per heavy atom. The van der Waals surface area contributed by atoms with Crippen LogP contribution in [0.2, 0.25) is 0 Å². The number of piperazine rings is 1. The summed E-state index contributed by atoms with van der Waals surface area (Å²) in [5, 5.41) is 10.9. The van der Waals surface area contributed by atoms with Crippen molar-refractivity contribution < 1.29 is 8.78 Å². The third-order valence-electron chi connectivity index (χ3n) is 5.35. The van der Waals surface area contributed by atoms with Crippen LogP contribution in [0.5, 0.6) is 0 Å². The minimum Gasteiger partial charge on any atom is -0.368 e. The summed E-state index contributed by atoms with van der Waals surface area (Å²) < 4.78 is 31.0. The van der Waals surface area contributed by atoms with Gasteiger partial charge in [-0.25, -0.2) is 28.2 Å². The fourth-order valence-corrected chi connectivity index (χ4v) is 4.20. The van der Waals surface area contributed by atoms with Gasteiger partial charge in [-0.1, -0.05) is 0 Å². The molecule has 0 amide bonds. The Morgan fingerprint density at radius 1 is 1.06 bits per heavy atom. The number of nitrogens with one attached hydrogen (secondary N) is 2. The molecule has 31 heavy (non-hydrogen) atoms. The van der Waals surface area contributed by atoms with Crippen molar-refractivity contribution in [3.05, 3.63) is 48.2 Å². The van der Waals surface area contributed by atoms with Crippen LogP contribution in [0.15, 0.2) is 30.7 Å². The molecule has 4 heterocycles. The van der Waals surface area contributed by atoms with E-state index < -0.39 is 11.6 Å². The van der Waals surface area contributed by atoms with Crippen molar-refractivity contribution in [1.82, 2.24) is 29.9 Å². The standard InChI is InChI=1S/C21H22F2N8/c1-11-7-30(8-12(2)26-11)15-5-16(22)19-18(6-15)24-10-25-20(19)28-14-4-17(23)21-27-13(3)29-31(21)9-14/h4-6,9-12,26H,7-8H2,1-3H3,(H,24,25,28)/t11-,12+. The van der Waals surface area contributed by atoms with E-state index in [1.54, 1.807) is 13.1 Å². The van der Waals surface area contributed by atoms with E-state index in [2.05, 4.69) is 49.4 Å². The van der Waals surface area contributed by atoms with E-state index in [1.165, 1.54) is 23.0 Å². The van der Waals surface area contributed by atoms with Gasteiger partial charge in [-0.05, 0) is 32.9 Å². The first-order valence-corrected chi connectivity index (χ1v) is 10.1. The Labute approximate surface area is 177 Å². The van der Waals surface area contributed by atoms with Crippen LogP contribution in [0.3, 0.4) is 0 Å². The molecule has 1 aliphatic rings. The largest absolute Gasteiger partial charge is 0.368 e. The molecule has 8 nitrogen and oxygen atoms in total. The molecule has 160 valence electrons.